The molecule has 0 radical (unpaired) electrons. The SMILES string of the molecule is O=C(CCN1CCN(Cc2cccc([N+](=O)[O-])c2)CC1)Nc1nc(-c2ccc([N+](=O)[O-])cc2)cs1. The predicted octanol–water partition coefficient (Wildman–Crippen LogP) is 3.77. The Balaban J connectivity index is 1.20. The van der Waals surface area contributed by atoms with Gasteiger partial charge in [0, 0.05) is 80.9 Å². The zero-order valence-electron chi connectivity index (χ0n) is 18.8. The third-order valence-corrected chi connectivity index (χ3v) is 6.53. The quantitative estimate of drug-likeness (QED) is 0.349. The Labute approximate surface area is 205 Å². The monoisotopic (exact) mass is 496 g/mol. The zero-order chi connectivity index (χ0) is 24.8. The van der Waals surface area contributed by atoms with Crippen LogP contribution in [0, 0.1) is 20.2 Å². The highest BCUT2D eigenvalue weighted by Gasteiger charge is 2.19. The first-order chi connectivity index (χ1) is 16.9. The summed E-state index contributed by atoms with van der Waals surface area (Å²) in [6.07, 6.45) is 0.345. The second-order valence-electron chi connectivity index (χ2n) is 8.18. The molecule has 0 bridgehead atoms. The van der Waals surface area contributed by atoms with Gasteiger partial charge in [-0.3, -0.25) is 29.9 Å². The highest BCUT2D eigenvalue weighted by Crippen LogP contribution is 2.26. The van der Waals surface area contributed by atoms with Crippen molar-refractivity contribution in [2.24, 2.45) is 0 Å². The first kappa shape index (κ1) is 24.4. The van der Waals surface area contributed by atoms with Crippen LogP contribution in [0.25, 0.3) is 11.3 Å². The van der Waals surface area contributed by atoms with Crippen LogP contribution in [0.15, 0.2) is 53.9 Å². The first-order valence-electron chi connectivity index (χ1n) is 11.1. The number of nitro benzene ring substituents is 2. The number of nitrogens with one attached hydrogen (secondary N) is 1. The molecular formula is C23H24N6O5S. The second-order valence-corrected chi connectivity index (χ2v) is 9.04. The molecule has 12 heteroatoms. The van der Waals surface area contributed by atoms with Crippen LogP contribution < -0.4 is 5.32 Å². The minimum Gasteiger partial charge on any atom is -0.302 e. The molecule has 35 heavy (non-hydrogen) atoms. The summed E-state index contributed by atoms with van der Waals surface area (Å²) in [5, 5.41) is 26.9. The molecule has 4 rings (SSSR count). The number of carbonyl (C=O) groups is 1. The van der Waals surface area contributed by atoms with Crippen molar-refractivity contribution < 1.29 is 14.6 Å². The molecule has 1 amide bonds. The summed E-state index contributed by atoms with van der Waals surface area (Å²) in [5.41, 5.74) is 2.44. The highest BCUT2D eigenvalue weighted by molar-refractivity contribution is 7.14. The maximum Gasteiger partial charge on any atom is 0.269 e. The summed E-state index contributed by atoms with van der Waals surface area (Å²) < 4.78 is 0. The van der Waals surface area contributed by atoms with Gasteiger partial charge in [-0.15, -0.1) is 11.3 Å². The number of hydrogen-bond acceptors (Lipinski definition) is 9. The van der Waals surface area contributed by atoms with Gasteiger partial charge in [-0.05, 0) is 17.7 Å². The van der Waals surface area contributed by atoms with E-state index in [2.05, 4.69) is 20.1 Å². The van der Waals surface area contributed by atoms with E-state index in [-0.39, 0.29) is 22.2 Å². The second kappa shape index (κ2) is 11.1. The van der Waals surface area contributed by atoms with Crippen LogP contribution in [0.3, 0.4) is 0 Å². The van der Waals surface area contributed by atoms with Crippen LogP contribution >= 0.6 is 11.3 Å². The molecule has 3 aromatic rings. The number of piperazine rings is 1. The largest absolute Gasteiger partial charge is 0.302 e. The van der Waals surface area contributed by atoms with Crippen molar-refractivity contribution in [2.45, 2.75) is 13.0 Å². The van der Waals surface area contributed by atoms with E-state index in [1.165, 1.54) is 29.5 Å². The Kier molecular flexibility index (Phi) is 7.75. The van der Waals surface area contributed by atoms with Gasteiger partial charge in [0.15, 0.2) is 5.13 Å². The summed E-state index contributed by atoms with van der Waals surface area (Å²) in [4.78, 5) is 42.2. The molecule has 1 aliphatic heterocycles. The normalized spacial score (nSPS) is 14.5. The number of hydrogen-bond donors (Lipinski definition) is 1. The van der Waals surface area contributed by atoms with E-state index >= 15 is 0 Å². The van der Waals surface area contributed by atoms with Crippen LogP contribution in [0.2, 0.25) is 0 Å². The molecule has 1 N–H and O–H groups in total. The maximum absolute atomic E-state index is 12.4. The number of non-ortho nitro benzene ring substituents is 2. The number of benzene rings is 2. The molecule has 1 fully saturated rings. The highest BCUT2D eigenvalue weighted by atomic mass is 32.1. The minimum absolute atomic E-state index is 0.0161. The average Bonchev–Trinajstić information content (AvgIpc) is 3.32. The number of amides is 1. The Bertz CT molecular complexity index is 1210. The lowest BCUT2D eigenvalue weighted by Crippen LogP contribution is -2.46. The van der Waals surface area contributed by atoms with E-state index in [0.717, 1.165) is 37.3 Å². The summed E-state index contributed by atoms with van der Waals surface area (Å²) in [5.74, 6) is -0.117. The van der Waals surface area contributed by atoms with Crippen LogP contribution in [-0.2, 0) is 11.3 Å². The number of thiazole rings is 1. The smallest absolute Gasteiger partial charge is 0.269 e. The molecule has 182 valence electrons. The van der Waals surface area contributed by atoms with Crippen molar-refractivity contribution in [2.75, 3.05) is 38.0 Å². The van der Waals surface area contributed by atoms with Gasteiger partial charge in [-0.2, -0.15) is 0 Å². The lowest BCUT2D eigenvalue weighted by Gasteiger charge is -2.34. The summed E-state index contributed by atoms with van der Waals surface area (Å²) >= 11 is 1.31. The summed E-state index contributed by atoms with van der Waals surface area (Å²) in [6, 6.07) is 12.8. The number of nitro groups is 2. The van der Waals surface area contributed by atoms with Gasteiger partial charge in [-0.25, -0.2) is 4.98 Å². The molecule has 0 unspecified atom stereocenters. The van der Waals surface area contributed by atoms with Gasteiger partial charge in [0.05, 0.1) is 15.5 Å². The Morgan fingerprint density at radius 3 is 2.34 bits per heavy atom. The molecule has 1 aliphatic rings. The van der Waals surface area contributed by atoms with Gasteiger partial charge in [0.25, 0.3) is 11.4 Å². The van der Waals surface area contributed by atoms with E-state index in [0.29, 0.717) is 30.3 Å². The number of anilines is 1. The first-order valence-corrected chi connectivity index (χ1v) is 11.9. The minimum atomic E-state index is -0.451. The number of aromatic nitrogens is 1. The zero-order valence-corrected chi connectivity index (χ0v) is 19.6. The number of nitrogens with zero attached hydrogens (tertiary/aromatic N) is 5. The van der Waals surface area contributed by atoms with E-state index in [1.54, 1.807) is 29.6 Å². The molecule has 0 atom stereocenters. The van der Waals surface area contributed by atoms with Gasteiger partial charge in [0.1, 0.15) is 0 Å². The van der Waals surface area contributed by atoms with Crippen LogP contribution in [0.4, 0.5) is 16.5 Å². The predicted molar refractivity (Wildman–Crippen MR) is 132 cm³/mol. The Morgan fingerprint density at radius 1 is 0.971 bits per heavy atom. The molecule has 0 saturated carbocycles. The van der Waals surface area contributed by atoms with Gasteiger partial charge in [0.2, 0.25) is 5.91 Å². The van der Waals surface area contributed by atoms with E-state index in [9.17, 15) is 25.0 Å². The fraction of sp³-hybridized carbons (Fsp3) is 0.304. The molecular weight excluding hydrogens is 472 g/mol. The van der Waals surface area contributed by atoms with Crippen LogP contribution in [-0.4, -0.2) is 63.3 Å². The molecule has 0 spiro atoms. The fourth-order valence-electron chi connectivity index (χ4n) is 3.86. The molecule has 0 aliphatic carbocycles. The molecule has 1 aromatic heterocycles. The molecule has 2 heterocycles. The van der Waals surface area contributed by atoms with Crippen molar-refractivity contribution in [3.05, 3.63) is 79.7 Å². The maximum atomic E-state index is 12.4. The van der Waals surface area contributed by atoms with E-state index in [4.69, 9.17) is 0 Å². The third kappa shape index (κ3) is 6.66. The van der Waals surface area contributed by atoms with Crippen molar-refractivity contribution in [1.29, 1.82) is 0 Å². The summed E-state index contributed by atoms with van der Waals surface area (Å²) in [7, 11) is 0. The molecule has 11 nitrogen and oxygen atoms in total. The van der Waals surface area contributed by atoms with Gasteiger partial charge in [-0.1, -0.05) is 12.1 Å². The Hall–Kier alpha value is -3.74. The van der Waals surface area contributed by atoms with Crippen LogP contribution in [0.5, 0.6) is 0 Å². The average molecular weight is 497 g/mol. The number of carbonyl (C=O) groups excluding carboxylic acids is 1. The third-order valence-electron chi connectivity index (χ3n) is 5.77. The lowest BCUT2D eigenvalue weighted by atomic mass is 10.1. The van der Waals surface area contributed by atoms with Crippen molar-refractivity contribution in [1.82, 2.24) is 14.8 Å². The Morgan fingerprint density at radius 2 is 1.66 bits per heavy atom. The fourth-order valence-corrected chi connectivity index (χ4v) is 4.59. The van der Waals surface area contributed by atoms with Crippen molar-refractivity contribution >= 4 is 33.8 Å². The van der Waals surface area contributed by atoms with Crippen LogP contribution in [0.1, 0.15) is 12.0 Å². The molecule has 1 saturated heterocycles. The van der Waals surface area contributed by atoms with Gasteiger partial charge < -0.3 is 10.2 Å². The molecule has 2 aromatic carbocycles. The van der Waals surface area contributed by atoms with E-state index < -0.39 is 4.92 Å². The number of rotatable bonds is 9. The van der Waals surface area contributed by atoms with Gasteiger partial charge >= 0.3 is 0 Å². The van der Waals surface area contributed by atoms with Crippen molar-refractivity contribution in [3.8, 4) is 11.3 Å². The summed E-state index contributed by atoms with van der Waals surface area (Å²) in [6.45, 7) is 4.60. The topological polar surface area (TPSA) is 135 Å². The van der Waals surface area contributed by atoms with Crippen molar-refractivity contribution in [3.63, 3.8) is 0 Å². The standard InChI is InChI=1S/C23H24N6O5S/c30-22(25-23-24-21(16-35-23)18-4-6-19(7-5-18)28(31)32)8-9-26-10-12-27(13-11-26)15-17-2-1-3-20(14-17)29(33)34/h1-7,14,16H,8-13,15H2,(H,24,25,30). The lowest BCUT2D eigenvalue weighted by molar-refractivity contribution is -0.385. The van der Waals surface area contributed by atoms with E-state index in [1.807, 2.05) is 6.07 Å².